The number of allylic oxidation sites excluding steroid dienone is 4. The molecule has 1 aliphatic rings. The van der Waals surface area contributed by atoms with Crippen LogP contribution < -0.4 is 37.2 Å². The SMILES string of the molecule is CCC(C)C1=C(C(c2cc(C)cc(C)c2)(c2cc(C)cc(C)c2)c2cc(C)cc(C)c2)CC=[C-]1.[Cl-].[Cl-].[Cl-].[Ti+4]. The first-order chi connectivity index (χ1) is 16.1. The van der Waals surface area contributed by atoms with Crippen molar-refractivity contribution >= 4 is 0 Å². The van der Waals surface area contributed by atoms with Crippen molar-refractivity contribution in [3.63, 3.8) is 0 Å². The molecule has 0 heterocycles. The number of aryl methyl sites for hydroxylation is 6. The van der Waals surface area contributed by atoms with E-state index in [1.165, 1.54) is 61.2 Å². The quantitative estimate of drug-likeness (QED) is 0.212. The predicted molar refractivity (Wildman–Crippen MR) is 147 cm³/mol. The number of hydrogen-bond donors (Lipinski definition) is 0. The van der Waals surface area contributed by atoms with Gasteiger partial charge in [-0.25, -0.2) is 5.57 Å². The van der Waals surface area contributed by atoms with Crippen molar-refractivity contribution in [3.05, 3.63) is 128 Å². The second-order valence-electron chi connectivity index (χ2n) is 10.6. The van der Waals surface area contributed by atoms with Crippen LogP contribution in [-0.2, 0) is 27.1 Å². The summed E-state index contributed by atoms with van der Waals surface area (Å²) >= 11 is 0. The fraction of sp³-hybridized carbons (Fsp3) is 0.353. The molecule has 4 heteroatoms. The van der Waals surface area contributed by atoms with Gasteiger partial charge in [-0.1, -0.05) is 121 Å². The molecule has 0 saturated heterocycles. The van der Waals surface area contributed by atoms with Gasteiger partial charge in [0.1, 0.15) is 0 Å². The van der Waals surface area contributed by atoms with Gasteiger partial charge in [0.2, 0.25) is 0 Å². The third-order valence-electron chi connectivity index (χ3n) is 7.41. The van der Waals surface area contributed by atoms with Crippen LogP contribution in [0.3, 0.4) is 0 Å². The van der Waals surface area contributed by atoms with Crippen LogP contribution in [-0.4, -0.2) is 0 Å². The van der Waals surface area contributed by atoms with E-state index in [4.69, 9.17) is 0 Å². The van der Waals surface area contributed by atoms with Gasteiger partial charge in [0.05, 0.1) is 0 Å². The molecule has 0 amide bonds. The van der Waals surface area contributed by atoms with Crippen molar-refractivity contribution in [1.82, 2.24) is 0 Å². The first-order valence-electron chi connectivity index (χ1n) is 12.7. The van der Waals surface area contributed by atoms with Crippen molar-refractivity contribution in [2.45, 2.75) is 73.6 Å². The fourth-order valence-electron chi connectivity index (χ4n) is 6.06. The number of hydrogen-bond acceptors (Lipinski definition) is 0. The summed E-state index contributed by atoms with van der Waals surface area (Å²) < 4.78 is 0. The van der Waals surface area contributed by atoms with Gasteiger partial charge in [-0.15, -0.1) is 0 Å². The topological polar surface area (TPSA) is 0 Å². The largest absolute Gasteiger partial charge is 4.00 e. The van der Waals surface area contributed by atoms with Gasteiger partial charge in [-0.2, -0.15) is 11.6 Å². The Morgan fingerprint density at radius 3 is 1.24 bits per heavy atom. The molecule has 3 aromatic carbocycles. The van der Waals surface area contributed by atoms with Gasteiger partial charge >= 0.3 is 21.7 Å². The first kappa shape index (κ1) is 36.7. The van der Waals surface area contributed by atoms with Crippen molar-refractivity contribution < 1.29 is 58.9 Å². The van der Waals surface area contributed by atoms with Crippen LogP contribution in [0.5, 0.6) is 0 Å². The van der Waals surface area contributed by atoms with Crippen LogP contribution in [0, 0.1) is 53.5 Å². The molecule has 0 nitrogen and oxygen atoms in total. The van der Waals surface area contributed by atoms with Crippen molar-refractivity contribution in [2.24, 2.45) is 5.92 Å². The Hall–Kier alpha value is -1.28. The van der Waals surface area contributed by atoms with E-state index in [1.54, 1.807) is 0 Å². The maximum absolute atomic E-state index is 3.71. The summed E-state index contributed by atoms with van der Waals surface area (Å²) in [5.41, 5.74) is 14.5. The van der Waals surface area contributed by atoms with E-state index in [1.807, 2.05) is 0 Å². The minimum Gasteiger partial charge on any atom is -1.00 e. The van der Waals surface area contributed by atoms with E-state index in [0.29, 0.717) is 5.92 Å². The Morgan fingerprint density at radius 1 is 0.632 bits per heavy atom. The Morgan fingerprint density at radius 2 is 0.947 bits per heavy atom. The number of halogens is 3. The summed E-state index contributed by atoms with van der Waals surface area (Å²) in [7, 11) is 0. The molecule has 1 unspecified atom stereocenters. The zero-order valence-corrected chi connectivity index (χ0v) is 27.7. The average Bonchev–Trinajstić information content (AvgIpc) is 3.22. The van der Waals surface area contributed by atoms with Gasteiger partial charge in [-0.05, 0) is 58.2 Å². The van der Waals surface area contributed by atoms with E-state index in [9.17, 15) is 0 Å². The third-order valence-corrected chi connectivity index (χ3v) is 7.41. The Balaban J connectivity index is 0.00000342. The molecule has 1 atom stereocenters. The van der Waals surface area contributed by atoms with Gasteiger partial charge in [0.25, 0.3) is 0 Å². The monoisotopic (exact) mass is 600 g/mol. The molecule has 0 saturated carbocycles. The van der Waals surface area contributed by atoms with E-state index in [0.717, 1.165) is 12.8 Å². The van der Waals surface area contributed by atoms with Crippen LogP contribution in [0.1, 0.15) is 76.8 Å². The first-order valence-corrected chi connectivity index (χ1v) is 12.7. The van der Waals surface area contributed by atoms with Crippen LogP contribution in [0.25, 0.3) is 0 Å². The fourth-order valence-corrected chi connectivity index (χ4v) is 6.06. The van der Waals surface area contributed by atoms with Crippen LogP contribution in [0.4, 0.5) is 0 Å². The Bertz CT molecular complexity index is 1120. The summed E-state index contributed by atoms with van der Waals surface area (Å²) in [6.45, 7) is 18.0. The molecule has 0 radical (unpaired) electrons. The third kappa shape index (κ3) is 7.07. The zero-order valence-electron chi connectivity index (χ0n) is 23.9. The molecule has 3 aromatic rings. The van der Waals surface area contributed by atoms with Crippen molar-refractivity contribution in [2.75, 3.05) is 0 Å². The summed E-state index contributed by atoms with van der Waals surface area (Å²) in [6, 6.07) is 21.4. The van der Waals surface area contributed by atoms with Crippen LogP contribution in [0.2, 0.25) is 0 Å². The molecule has 4 rings (SSSR count). The number of benzene rings is 3. The molecule has 0 aromatic heterocycles. The summed E-state index contributed by atoms with van der Waals surface area (Å²) in [6.07, 6.45) is 8.03. The van der Waals surface area contributed by atoms with E-state index in [-0.39, 0.29) is 64.4 Å². The van der Waals surface area contributed by atoms with E-state index < -0.39 is 0 Å². The molecule has 38 heavy (non-hydrogen) atoms. The molecule has 0 fully saturated rings. The Labute approximate surface area is 264 Å². The minimum absolute atomic E-state index is 0. The van der Waals surface area contributed by atoms with Crippen LogP contribution in [0.15, 0.2) is 71.8 Å². The zero-order chi connectivity index (χ0) is 24.6. The summed E-state index contributed by atoms with van der Waals surface area (Å²) in [5, 5.41) is 0. The molecule has 0 spiro atoms. The van der Waals surface area contributed by atoms with Crippen molar-refractivity contribution in [3.8, 4) is 0 Å². The van der Waals surface area contributed by atoms with Gasteiger partial charge in [-0.3, -0.25) is 6.08 Å². The maximum atomic E-state index is 3.71. The molecule has 0 N–H and O–H groups in total. The molecule has 0 bridgehead atoms. The normalized spacial score (nSPS) is 13.2. The van der Waals surface area contributed by atoms with Gasteiger partial charge in [0.15, 0.2) is 0 Å². The van der Waals surface area contributed by atoms with Crippen LogP contribution >= 0.6 is 0 Å². The van der Waals surface area contributed by atoms with Gasteiger partial charge < -0.3 is 37.2 Å². The standard InChI is InChI=1S/C34H39.3ClH.Ti/c1-9-28(8)32-11-10-12-33(32)34(29-16-22(2)13-23(3)17-29,30-18-24(4)14-25(5)19-30)31-20-26(6)15-27(7)21-31;;;;/h10,13-21,28H,9,12H2,1-8H3;3*1H;/q-1;;;;+4/p-3. The maximum Gasteiger partial charge on any atom is 4.00 e. The average molecular weight is 602 g/mol. The summed E-state index contributed by atoms with van der Waals surface area (Å²) in [5.74, 6) is 0.468. The minimum atomic E-state index is -0.358. The molecule has 200 valence electrons. The smallest absolute Gasteiger partial charge is 1.00 e. The molecule has 1 aliphatic carbocycles. The number of rotatable bonds is 6. The Kier molecular flexibility index (Phi) is 14.4. The second kappa shape index (κ2) is 14.9. The van der Waals surface area contributed by atoms with Crippen molar-refractivity contribution in [1.29, 1.82) is 0 Å². The molecular formula is C34H39Cl3Ti. The van der Waals surface area contributed by atoms with Gasteiger partial charge in [0, 0.05) is 5.41 Å². The summed E-state index contributed by atoms with van der Waals surface area (Å²) in [4.78, 5) is 0. The second-order valence-corrected chi connectivity index (χ2v) is 10.6. The molecule has 0 aliphatic heterocycles. The predicted octanol–water partition coefficient (Wildman–Crippen LogP) is -0.0132. The molecular weight excluding hydrogens is 563 g/mol. The van der Waals surface area contributed by atoms with E-state index >= 15 is 0 Å². The van der Waals surface area contributed by atoms with E-state index in [2.05, 4.69) is 122 Å².